The third-order valence-corrected chi connectivity index (χ3v) is 3.96. The van der Waals surface area contributed by atoms with Crippen molar-refractivity contribution in [2.75, 3.05) is 25.0 Å². The first-order valence-electron chi connectivity index (χ1n) is 6.84. The Kier molecular flexibility index (Phi) is 3.23. The lowest BCUT2D eigenvalue weighted by molar-refractivity contribution is -0.135. The van der Waals surface area contributed by atoms with Crippen LogP contribution >= 0.6 is 0 Å². The molecule has 0 unspecified atom stereocenters. The van der Waals surface area contributed by atoms with Gasteiger partial charge in [0.25, 0.3) is 0 Å². The van der Waals surface area contributed by atoms with E-state index in [2.05, 4.69) is 28.1 Å². The lowest BCUT2D eigenvalue weighted by atomic mass is 10.1. The number of pyridine rings is 1. The molecular formula is C15H19N3O. The molecule has 1 aliphatic carbocycles. The summed E-state index contributed by atoms with van der Waals surface area (Å²) in [5.41, 5.74) is 1.14. The van der Waals surface area contributed by atoms with E-state index in [1.54, 1.807) is 0 Å². The lowest BCUT2D eigenvalue weighted by Gasteiger charge is -2.24. The summed E-state index contributed by atoms with van der Waals surface area (Å²) >= 11 is 0. The van der Waals surface area contributed by atoms with Gasteiger partial charge in [-0.15, -0.1) is 0 Å². The van der Waals surface area contributed by atoms with Crippen LogP contribution in [-0.2, 0) is 11.3 Å². The van der Waals surface area contributed by atoms with Gasteiger partial charge in [-0.25, -0.2) is 4.98 Å². The number of allylic oxidation sites excluding steroid dienone is 2. The molecule has 0 fully saturated rings. The second-order valence-electron chi connectivity index (χ2n) is 5.31. The minimum Gasteiger partial charge on any atom is -0.358 e. The number of aromatic nitrogens is 1. The zero-order valence-corrected chi connectivity index (χ0v) is 11.2. The molecule has 0 spiro atoms. The number of hydrogen-bond donors (Lipinski definition) is 0. The number of likely N-dealkylation sites (N-methyl/N-ethyl adjacent to an activating group) is 1. The van der Waals surface area contributed by atoms with Crippen LogP contribution in [0, 0.1) is 5.92 Å². The molecule has 1 aromatic rings. The van der Waals surface area contributed by atoms with Crippen LogP contribution in [0.4, 0.5) is 5.82 Å². The molecule has 0 N–H and O–H groups in total. The molecule has 0 atom stereocenters. The number of carbonyl (C=O) groups excluding carboxylic acids is 1. The van der Waals surface area contributed by atoms with E-state index in [0.29, 0.717) is 6.54 Å². The average molecular weight is 257 g/mol. The SMILES string of the molecule is CN1CCN(C(=O)C2CC=CC2)Cc2cccnc21. The van der Waals surface area contributed by atoms with Gasteiger partial charge in [-0.1, -0.05) is 18.2 Å². The van der Waals surface area contributed by atoms with Gasteiger partial charge in [0.1, 0.15) is 5.82 Å². The smallest absolute Gasteiger partial charge is 0.226 e. The monoisotopic (exact) mass is 257 g/mol. The van der Waals surface area contributed by atoms with Crippen molar-refractivity contribution >= 4 is 11.7 Å². The van der Waals surface area contributed by atoms with Crippen LogP contribution in [0.5, 0.6) is 0 Å². The molecule has 1 aromatic heterocycles. The summed E-state index contributed by atoms with van der Waals surface area (Å²) in [6.45, 7) is 2.31. The van der Waals surface area contributed by atoms with E-state index in [0.717, 1.165) is 37.3 Å². The maximum Gasteiger partial charge on any atom is 0.226 e. The second kappa shape index (κ2) is 5.03. The first-order valence-corrected chi connectivity index (χ1v) is 6.84. The first-order chi connectivity index (χ1) is 9.25. The second-order valence-corrected chi connectivity index (χ2v) is 5.31. The van der Waals surface area contributed by atoms with Gasteiger partial charge >= 0.3 is 0 Å². The van der Waals surface area contributed by atoms with Crippen LogP contribution < -0.4 is 4.90 Å². The van der Waals surface area contributed by atoms with Crippen molar-refractivity contribution in [3.05, 3.63) is 36.0 Å². The first kappa shape index (κ1) is 12.2. The maximum absolute atomic E-state index is 12.5. The van der Waals surface area contributed by atoms with E-state index in [9.17, 15) is 4.79 Å². The number of nitrogens with zero attached hydrogens (tertiary/aromatic N) is 3. The molecule has 0 saturated heterocycles. The number of carbonyl (C=O) groups is 1. The topological polar surface area (TPSA) is 36.4 Å². The molecule has 1 aliphatic heterocycles. The Morgan fingerprint density at radius 3 is 2.89 bits per heavy atom. The van der Waals surface area contributed by atoms with Gasteiger partial charge in [0.15, 0.2) is 0 Å². The largest absolute Gasteiger partial charge is 0.358 e. The fourth-order valence-electron chi connectivity index (χ4n) is 2.82. The fraction of sp³-hybridized carbons (Fsp3) is 0.467. The van der Waals surface area contributed by atoms with Gasteiger partial charge < -0.3 is 9.80 Å². The highest BCUT2D eigenvalue weighted by Crippen LogP contribution is 2.25. The van der Waals surface area contributed by atoms with E-state index in [4.69, 9.17) is 0 Å². The van der Waals surface area contributed by atoms with Gasteiger partial charge in [-0.05, 0) is 18.9 Å². The van der Waals surface area contributed by atoms with Crippen molar-refractivity contribution in [2.24, 2.45) is 5.92 Å². The molecule has 19 heavy (non-hydrogen) atoms. The molecule has 0 bridgehead atoms. The highest BCUT2D eigenvalue weighted by molar-refractivity contribution is 5.80. The van der Waals surface area contributed by atoms with E-state index in [-0.39, 0.29) is 11.8 Å². The third kappa shape index (κ3) is 2.35. The molecule has 2 aliphatic rings. The number of rotatable bonds is 1. The highest BCUT2D eigenvalue weighted by Gasteiger charge is 2.27. The van der Waals surface area contributed by atoms with Crippen LogP contribution in [-0.4, -0.2) is 35.9 Å². The normalized spacial score (nSPS) is 19.4. The van der Waals surface area contributed by atoms with Gasteiger partial charge in [0, 0.05) is 44.4 Å². The van der Waals surface area contributed by atoms with Gasteiger partial charge in [-0.3, -0.25) is 4.79 Å². The summed E-state index contributed by atoms with van der Waals surface area (Å²) in [5, 5.41) is 0. The molecule has 100 valence electrons. The van der Waals surface area contributed by atoms with Crippen molar-refractivity contribution in [1.29, 1.82) is 0 Å². The number of anilines is 1. The maximum atomic E-state index is 12.5. The van der Waals surface area contributed by atoms with Gasteiger partial charge in [-0.2, -0.15) is 0 Å². The summed E-state index contributed by atoms with van der Waals surface area (Å²) < 4.78 is 0. The molecular weight excluding hydrogens is 238 g/mol. The summed E-state index contributed by atoms with van der Waals surface area (Å²) in [5.74, 6) is 1.45. The van der Waals surface area contributed by atoms with Crippen LogP contribution in [0.15, 0.2) is 30.5 Å². The predicted molar refractivity (Wildman–Crippen MR) is 74.8 cm³/mol. The zero-order valence-electron chi connectivity index (χ0n) is 11.2. The van der Waals surface area contributed by atoms with Crippen LogP contribution in [0.3, 0.4) is 0 Å². The van der Waals surface area contributed by atoms with Crippen LogP contribution in [0.1, 0.15) is 18.4 Å². The minimum atomic E-state index is 0.156. The van der Waals surface area contributed by atoms with E-state index < -0.39 is 0 Å². The summed E-state index contributed by atoms with van der Waals surface area (Å²) in [6, 6.07) is 4.01. The molecule has 0 saturated carbocycles. The molecule has 4 heteroatoms. The summed E-state index contributed by atoms with van der Waals surface area (Å²) in [6.07, 6.45) is 7.83. The van der Waals surface area contributed by atoms with Crippen LogP contribution in [0.25, 0.3) is 0 Å². The van der Waals surface area contributed by atoms with Crippen LogP contribution in [0.2, 0.25) is 0 Å². The Morgan fingerprint density at radius 1 is 1.32 bits per heavy atom. The average Bonchev–Trinajstić information content (AvgIpc) is 2.91. The van der Waals surface area contributed by atoms with E-state index in [1.807, 2.05) is 24.2 Å². The molecule has 0 radical (unpaired) electrons. The van der Waals surface area contributed by atoms with Crippen molar-refractivity contribution in [2.45, 2.75) is 19.4 Å². The minimum absolute atomic E-state index is 0.156. The predicted octanol–water partition coefficient (Wildman–Crippen LogP) is 1.83. The number of fused-ring (bicyclic) bond motifs is 1. The quantitative estimate of drug-likeness (QED) is 0.720. The zero-order chi connectivity index (χ0) is 13.2. The highest BCUT2D eigenvalue weighted by atomic mass is 16.2. The van der Waals surface area contributed by atoms with Crippen molar-refractivity contribution < 1.29 is 4.79 Å². The number of amides is 1. The van der Waals surface area contributed by atoms with Gasteiger partial charge in [0.05, 0.1) is 0 Å². The van der Waals surface area contributed by atoms with Gasteiger partial charge in [0.2, 0.25) is 5.91 Å². The Balaban J connectivity index is 1.80. The fourth-order valence-corrected chi connectivity index (χ4v) is 2.82. The summed E-state index contributed by atoms with van der Waals surface area (Å²) in [4.78, 5) is 21.1. The van der Waals surface area contributed by atoms with Crippen molar-refractivity contribution in [3.63, 3.8) is 0 Å². The molecule has 0 aromatic carbocycles. The Hall–Kier alpha value is -1.84. The molecule has 1 amide bonds. The standard InChI is InChI=1S/C15H19N3O/c1-17-9-10-18(15(19)12-5-2-3-6-12)11-13-7-4-8-16-14(13)17/h2-4,7-8,12H,5-6,9-11H2,1H3. The third-order valence-electron chi connectivity index (χ3n) is 3.96. The molecule has 2 heterocycles. The summed E-state index contributed by atoms with van der Waals surface area (Å²) in [7, 11) is 2.04. The molecule has 4 nitrogen and oxygen atoms in total. The van der Waals surface area contributed by atoms with E-state index in [1.165, 1.54) is 0 Å². The Labute approximate surface area is 113 Å². The van der Waals surface area contributed by atoms with E-state index >= 15 is 0 Å². The Bertz CT molecular complexity index is 504. The number of hydrogen-bond acceptors (Lipinski definition) is 3. The lowest BCUT2D eigenvalue weighted by Crippen LogP contribution is -2.37. The van der Waals surface area contributed by atoms with Crippen molar-refractivity contribution in [1.82, 2.24) is 9.88 Å². The molecule has 3 rings (SSSR count). The van der Waals surface area contributed by atoms with Crippen molar-refractivity contribution in [3.8, 4) is 0 Å². The Morgan fingerprint density at radius 2 is 2.11 bits per heavy atom.